The first-order valence-corrected chi connectivity index (χ1v) is 9.45. The molecule has 0 aromatic rings. The van der Waals surface area contributed by atoms with Gasteiger partial charge in [0.25, 0.3) is 0 Å². The van der Waals surface area contributed by atoms with Crippen molar-refractivity contribution in [3.05, 3.63) is 37.0 Å². The Morgan fingerprint density at radius 1 is 0.955 bits per heavy atom. The Balaban J connectivity index is 0.000000745. The molecule has 0 amide bonds. The van der Waals surface area contributed by atoms with Crippen LogP contribution in [0.2, 0.25) is 0 Å². The van der Waals surface area contributed by atoms with Crippen LogP contribution in [0.1, 0.15) is 78.6 Å². The van der Waals surface area contributed by atoms with E-state index in [1.54, 1.807) is 6.08 Å². The number of hydrogen-bond acceptors (Lipinski definition) is 0. The lowest BCUT2D eigenvalue weighted by atomic mass is 9.69. The summed E-state index contributed by atoms with van der Waals surface area (Å²) >= 11 is 0. The predicted octanol–water partition coefficient (Wildman–Crippen LogP) is 7.33. The van der Waals surface area contributed by atoms with Crippen LogP contribution in [-0.2, 0) is 0 Å². The molecule has 2 saturated carbocycles. The Kier molecular flexibility index (Phi) is 9.52. The van der Waals surface area contributed by atoms with Gasteiger partial charge >= 0.3 is 0 Å². The van der Waals surface area contributed by atoms with Crippen molar-refractivity contribution in [2.45, 2.75) is 78.6 Å². The van der Waals surface area contributed by atoms with E-state index in [-0.39, 0.29) is 0 Å². The molecule has 0 nitrogen and oxygen atoms in total. The minimum absolute atomic E-state index is 0.953. The van der Waals surface area contributed by atoms with Gasteiger partial charge in [0, 0.05) is 0 Å². The summed E-state index contributed by atoms with van der Waals surface area (Å²) in [5.74, 6) is 4.09. The molecule has 0 unspecified atom stereocenters. The average Bonchev–Trinajstić information content (AvgIpc) is 2.49. The Morgan fingerprint density at radius 2 is 1.41 bits per heavy atom. The van der Waals surface area contributed by atoms with Gasteiger partial charge < -0.3 is 0 Å². The third kappa shape index (κ3) is 7.47. The fourth-order valence-corrected chi connectivity index (χ4v) is 4.11. The molecule has 0 atom stereocenters. The van der Waals surface area contributed by atoms with Gasteiger partial charge in [-0.3, -0.25) is 0 Å². The first-order chi connectivity index (χ1) is 10.6. The zero-order valence-corrected chi connectivity index (χ0v) is 15.3. The normalized spacial score (nSPS) is 32.1. The van der Waals surface area contributed by atoms with E-state index in [9.17, 15) is 0 Å². The summed E-state index contributed by atoms with van der Waals surface area (Å²) in [6.07, 6.45) is 19.5. The Hall–Kier alpha value is -0.780. The molecule has 2 aliphatic carbocycles. The highest BCUT2D eigenvalue weighted by Crippen LogP contribution is 2.41. The van der Waals surface area contributed by atoms with Gasteiger partial charge in [0.1, 0.15) is 0 Å². The van der Waals surface area contributed by atoms with Crippen molar-refractivity contribution in [2.75, 3.05) is 0 Å². The van der Waals surface area contributed by atoms with Crippen molar-refractivity contribution in [1.29, 1.82) is 0 Å². The number of hydrogen-bond donors (Lipinski definition) is 0. The van der Waals surface area contributed by atoms with Gasteiger partial charge in [-0.1, -0.05) is 50.1 Å². The zero-order chi connectivity index (χ0) is 16.4. The van der Waals surface area contributed by atoms with Crippen LogP contribution in [0.15, 0.2) is 37.0 Å². The molecule has 0 bridgehead atoms. The van der Waals surface area contributed by atoms with Gasteiger partial charge in [0.15, 0.2) is 0 Å². The largest absolute Gasteiger partial charge is 0.103 e. The molecule has 0 aliphatic heterocycles. The quantitative estimate of drug-likeness (QED) is 0.376. The summed E-state index contributed by atoms with van der Waals surface area (Å²) in [5, 5.41) is 0. The minimum atomic E-state index is 0.953. The van der Waals surface area contributed by atoms with Crippen LogP contribution in [0.25, 0.3) is 0 Å². The third-order valence-electron chi connectivity index (χ3n) is 5.49. The smallest absolute Gasteiger partial charge is 0.0319 e. The molecule has 2 aliphatic rings. The van der Waals surface area contributed by atoms with E-state index in [1.165, 1.54) is 63.4 Å². The SMILES string of the molecule is C=C(C)/C=C\CC1CCC(C2CCC(C)CC2)CC1.C=CC. The zero-order valence-electron chi connectivity index (χ0n) is 15.3. The molecule has 0 N–H and O–H groups in total. The Labute approximate surface area is 139 Å². The van der Waals surface area contributed by atoms with Crippen LogP contribution < -0.4 is 0 Å². The van der Waals surface area contributed by atoms with E-state index in [2.05, 4.69) is 39.2 Å². The van der Waals surface area contributed by atoms with Gasteiger partial charge in [0.05, 0.1) is 0 Å². The van der Waals surface area contributed by atoms with Crippen molar-refractivity contribution >= 4 is 0 Å². The standard InChI is InChI=1S/C19H32.C3H6/c1-15(2)5-4-6-17-9-13-19(14-10-17)18-11-7-16(3)8-12-18;1-3-2/h4-5,16-19H,1,6-14H2,2-3H3;3H,1H2,2H3/b5-4-;. The Morgan fingerprint density at radius 3 is 1.86 bits per heavy atom. The maximum Gasteiger partial charge on any atom is -0.0319 e. The maximum absolute atomic E-state index is 3.93. The molecular weight excluding hydrogens is 264 g/mol. The highest BCUT2D eigenvalue weighted by Gasteiger charge is 2.29. The molecule has 0 spiro atoms. The highest BCUT2D eigenvalue weighted by molar-refractivity contribution is 5.10. The molecule has 0 heterocycles. The van der Waals surface area contributed by atoms with Gasteiger partial charge in [-0.05, 0) is 82.5 Å². The maximum atomic E-state index is 3.93. The van der Waals surface area contributed by atoms with Gasteiger partial charge in [-0.15, -0.1) is 6.58 Å². The molecule has 22 heavy (non-hydrogen) atoms. The molecule has 2 rings (SSSR count). The summed E-state index contributed by atoms with van der Waals surface area (Å²) in [6.45, 7) is 13.7. The van der Waals surface area contributed by atoms with E-state index in [0.29, 0.717) is 0 Å². The fourth-order valence-electron chi connectivity index (χ4n) is 4.11. The first-order valence-electron chi connectivity index (χ1n) is 9.45. The summed E-state index contributed by atoms with van der Waals surface area (Å²) in [6, 6.07) is 0. The average molecular weight is 303 g/mol. The van der Waals surface area contributed by atoms with Crippen LogP contribution >= 0.6 is 0 Å². The monoisotopic (exact) mass is 302 g/mol. The first kappa shape index (κ1) is 19.3. The van der Waals surface area contributed by atoms with E-state index in [0.717, 1.165) is 23.7 Å². The third-order valence-corrected chi connectivity index (χ3v) is 5.49. The highest BCUT2D eigenvalue weighted by atomic mass is 14.3. The van der Waals surface area contributed by atoms with Crippen LogP contribution in [0.5, 0.6) is 0 Å². The number of rotatable bonds is 4. The molecule has 0 aromatic carbocycles. The van der Waals surface area contributed by atoms with Crippen LogP contribution in [0.4, 0.5) is 0 Å². The van der Waals surface area contributed by atoms with Crippen molar-refractivity contribution < 1.29 is 0 Å². The van der Waals surface area contributed by atoms with Crippen LogP contribution in [-0.4, -0.2) is 0 Å². The molecule has 0 radical (unpaired) electrons. The molecule has 0 heteroatoms. The second-order valence-corrected chi connectivity index (χ2v) is 7.69. The lowest BCUT2D eigenvalue weighted by Gasteiger charge is -2.37. The van der Waals surface area contributed by atoms with Crippen molar-refractivity contribution in [2.24, 2.45) is 23.7 Å². The van der Waals surface area contributed by atoms with Crippen molar-refractivity contribution in [3.63, 3.8) is 0 Å². The summed E-state index contributed by atoms with van der Waals surface area (Å²) in [4.78, 5) is 0. The Bertz CT molecular complexity index is 333. The second kappa shape index (κ2) is 10.9. The fraction of sp³-hybridized carbons (Fsp3) is 0.727. The molecular formula is C22H38. The topological polar surface area (TPSA) is 0 Å². The molecule has 0 saturated heterocycles. The summed E-state index contributed by atoms with van der Waals surface area (Å²) in [7, 11) is 0. The molecule has 126 valence electrons. The van der Waals surface area contributed by atoms with Gasteiger partial charge in [-0.25, -0.2) is 0 Å². The lowest BCUT2D eigenvalue weighted by molar-refractivity contribution is 0.151. The van der Waals surface area contributed by atoms with E-state index < -0.39 is 0 Å². The number of allylic oxidation sites excluding steroid dienone is 4. The second-order valence-electron chi connectivity index (χ2n) is 7.69. The van der Waals surface area contributed by atoms with Crippen molar-refractivity contribution in [1.82, 2.24) is 0 Å². The lowest BCUT2D eigenvalue weighted by Crippen LogP contribution is -2.25. The minimum Gasteiger partial charge on any atom is -0.103 e. The van der Waals surface area contributed by atoms with Gasteiger partial charge in [-0.2, -0.15) is 0 Å². The molecule has 2 fully saturated rings. The summed E-state index contributed by atoms with van der Waals surface area (Å²) < 4.78 is 0. The van der Waals surface area contributed by atoms with Crippen LogP contribution in [0, 0.1) is 23.7 Å². The van der Waals surface area contributed by atoms with E-state index >= 15 is 0 Å². The molecule has 0 aromatic heterocycles. The van der Waals surface area contributed by atoms with Crippen molar-refractivity contribution in [3.8, 4) is 0 Å². The predicted molar refractivity (Wildman–Crippen MR) is 101 cm³/mol. The summed E-state index contributed by atoms with van der Waals surface area (Å²) in [5.41, 5.74) is 1.19. The van der Waals surface area contributed by atoms with E-state index in [4.69, 9.17) is 0 Å². The van der Waals surface area contributed by atoms with Gasteiger partial charge in [0.2, 0.25) is 0 Å². The van der Waals surface area contributed by atoms with Crippen LogP contribution in [0.3, 0.4) is 0 Å². The van der Waals surface area contributed by atoms with E-state index in [1.807, 2.05) is 6.92 Å².